The molecular formula is C9H10F3N3. The van der Waals surface area contributed by atoms with Crippen LogP contribution in [0.15, 0.2) is 6.07 Å². The van der Waals surface area contributed by atoms with E-state index in [4.69, 9.17) is 5.26 Å². The predicted molar refractivity (Wildman–Crippen MR) is 46.7 cm³/mol. The molecular weight excluding hydrogens is 207 g/mol. The van der Waals surface area contributed by atoms with Crippen LogP contribution in [0.3, 0.4) is 0 Å². The second-order valence-corrected chi connectivity index (χ2v) is 3.38. The lowest BCUT2D eigenvalue weighted by atomic mass is 10.2. The number of alkyl halides is 3. The van der Waals surface area contributed by atoms with E-state index in [9.17, 15) is 13.2 Å². The Kier molecular flexibility index (Phi) is 3.03. The van der Waals surface area contributed by atoms with Gasteiger partial charge in [-0.05, 0) is 19.9 Å². The number of rotatable bonds is 2. The summed E-state index contributed by atoms with van der Waals surface area (Å²) in [4.78, 5) is 0. The molecule has 1 aromatic rings. The van der Waals surface area contributed by atoms with Crippen molar-refractivity contribution in [3.8, 4) is 6.07 Å². The van der Waals surface area contributed by atoms with Gasteiger partial charge in [0.2, 0.25) is 0 Å². The highest BCUT2D eigenvalue weighted by atomic mass is 19.4. The summed E-state index contributed by atoms with van der Waals surface area (Å²) in [5.74, 6) is -0.357. The first-order valence-corrected chi connectivity index (χ1v) is 4.36. The van der Waals surface area contributed by atoms with Crippen LogP contribution in [-0.2, 0) is 12.7 Å². The fourth-order valence-corrected chi connectivity index (χ4v) is 1.13. The van der Waals surface area contributed by atoms with Gasteiger partial charge in [-0.3, -0.25) is 4.68 Å². The third kappa shape index (κ3) is 2.72. The minimum atomic E-state index is -4.42. The first kappa shape index (κ1) is 11.6. The Balaban J connectivity index is 2.93. The molecule has 1 atom stereocenters. The van der Waals surface area contributed by atoms with E-state index in [-0.39, 0.29) is 12.5 Å². The monoisotopic (exact) mass is 217 g/mol. The van der Waals surface area contributed by atoms with Crippen molar-refractivity contribution < 1.29 is 13.2 Å². The van der Waals surface area contributed by atoms with Crippen LogP contribution in [0.1, 0.15) is 18.3 Å². The maximum Gasteiger partial charge on any atom is 0.435 e. The summed E-state index contributed by atoms with van der Waals surface area (Å²) in [6.45, 7) is 3.35. The van der Waals surface area contributed by atoms with Gasteiger partial charge >= 0.3 is 6.18 Å². The van der Waals surface area contributed by atoms with Crippen LogP contribution in [0.25, 0.3) is 0 Å². The van der Waals surface area contributed by atoms with Gasteiger partial charge in [-0.15, -0.1) is 0 Å². The topological polar surface area (TPSA) is 41.6 Å². The summed E-state index contributed by atoms with van der Waals surface area (Å²) in [7, 11) is 0. The van der Waals surface area contributed by atoms with Gasteiger partial charge in [-0.2, -0.15) is 23.5 Å². The highest BCUT2D eigenvalue weighted by molar-refractivity contribution is 5.11. The molecule has 0 spiro atoms. The average molecular weight is 217 g/mol. The van der Waals surface area contributed by atoms with Crippen LogP contribution in [0.2, 0.25) is 0 Å². The van der Waals surface area contributed by atoms with Gasteiger partial charge in [-0.1, -0.05) is 0 Å². The Hall–Kier alpha value is -1.51. The summed E-state index contributed by atoms with van der Waals surface area (Å²) < 4.78 is 38.0. The minimum absolute atomic E-state index is 0.179. The SMILES string of the molecule is Cc1cc(C(F)(F)F)nn1C[C@@H](C)C#N. The zero-order valence-electron chi connectivity index (χ0n) is 8.34. The Labute approximate surface area is 85.1 Å². The molecule has 0 saturated carbocycles. The second kappa shape index (κ2) is 3.93. The maximum atomic E-state index is 12.3. The van der Waals surface area contributed by atoms with Gasteiger partial charge < -0.3 is 0 Å². The van der Waals surface area contributed by atoms with Crippen LogP contribution in [0.4, 0.5) is 13.2 Å². The van der Waals surface area contributed by atoms with E-state index >= 15 is 0 Å². The summed E-state index contributed by atoms with van der Waals surface area (Å²) in [5.41, 5.74) is -0.505. The van der Waals surface area contributed by atoms with E-state index in [1.54, 1.807) is 6.92 Å². The van der Waals surface area contributed by atoms with Crippen LogP contribution >= 0.6 is 0 Å². The van der Waals surface area contributed by atoms with E-state index in [1.165, 1.54) is 11.6 Å². The summed E-state index contributed by atoms with van der Waals surface area (Å²) >= 11 is 0. The molecule has 0 bridgehead atoms. The number of halogens is 3. The number of nitriles is 1. The van der Waals surface area contributed by atoms with Crippen LogP contribution < -0.4 is 0 Å². The third-order valence-corrected chi connectivity index (χ3v) is 1.94. The molecule has 0 amide bonds. The maximum absolute atomic E-state index is 12.3. The molecule has 3 nitrogen and oxygen atoms in total. The van der Waals surface area contributed by atoms with Crippen molar-refractivity contribution in [2.75, 3.05) is 0 Å². The fraction of sp³-hybridized carbons (Fsp3) is 0.556. The zero-order valence-corrected chi connectivity index (χ0v) is 8.34. The molecule has 0 aliphatic heterocycles. The molecule has 0 radical (unpaired) electrons. The first-order valence-electron chi connectivity index (χ1n) is 4.36. The van der Waals surface area contributed by atoms with Gasteiger partial charge in [-0.25, -0.2) is 0 Å². The Morgan fingerprint density at radius 2 is 2.20 bits per heavy atom. The van der Waals surface area contributed by atoms with Gasteiger partial charge in [0.1, 0.15) is 0 Å². The Bertz CT molecular complexity index is 386. The van der Waals surface area contributed by atoms with Crippen molar-refractivity contribution >= 4 is 0 Å². The molecule has 0 fully saturated rings. The van der Waals surface area contributed by atoms with E-state index in [0.717, 1.165) is 6.07 Å². The molecule has 1 heterocycles. The molecule has 0 saturated heterocycles. The van der Waals surface area contributed by atoms with Crippen molar-refractivity contribution in [1.29, 1.82) is 5.26 Å². The lowest BCUT2D eigenvalue weighted by Gasteiger charge is -2.05. The van der Waals surface area contributed by atoms with Gasteiger partial charge in [0.25, 0.3) is 0 Å². The van der Waals surface area contributed by atoms with Crippen LogP contribution in [-0.4, -0.2) is 9.78 Å². The fourth-order valence-electron chi connectivity index (χ4n) is 1.13. The standard InChI is InChI=1S/C9H10F3N3/c1-6(4-13)5-15-7(2)3-8(14-15)9(10,11)12/h3,6H,5H2,1-2H3/t6-/m0/s1. The highest BCUT2D eigenvalue weighted by Crippen LogP contribution is 2.28. The molecule has 1 aromatic heterocycles. The zero-order chi connectivity index (χ0) is 11.6. The largest absolute Gasteiger partial charge is 0.435 e. The van der Waals surface area contributed by atoms with E-state index in [1.807, 2.05) is 6.07 Å². The second-order valence-electron chi connectivity index (χ2n) is 3.38. The van der Waals surface area contributed by atoms with Gasteiger partial charge in [0.05, 0.1) is 18.5 Å². The number of hydrogen-bond acceptors (Lipinski definition) is 2. The molecule has 82 valence electrons. The third-order valence-electron chi connectivity index (χ3n) is 1.94. The molecule has 0 unspecified atom stereocenters. The molecule has 6 heteroatoms. The molecule has 0 aliphatic carbocycles. The first-order chi connectivity index (χ1) is 6.84. The summed E-state index contributed by atoms with van der Waals surface area (Å²) in [6, 6.07) is 2.92. The van der Waals surface area contributed by atoms with Crippen LogP contribution in [0.5, 0.6) is 0 Å². The lowest BCUT2D eigenvalue weighted by Crippen LogP contribution is -2.11. The van der Waals surface area contributed by atoms with Gasteiger partial charge in [0, 0.05) is 5.69 Å². The van der Waals surface area contributed by atoms with Crippen molar-refractivity contribution in [2.24, 2.45) is 5.92 Å². The molecule has 1 rings (SSSR count). The molecule has 0 aliphatic rings. The van der Waals surface area contributed by atoms with Crippen molar-refractivity contribution in [2.45, 2.75) is 26.6 Å². The van der Waals surface area contributed by atoms with Crippen molar-refractivity contribution in [3.63, 3.8) is 0 Å². The highest BCUT2D eigenvalue weighted by Gasteiger charge is 2.34. The molecule has 15 heavy (non-hydrogen) atoms. The number of nitrogens with zero attached hydrogens (tertiary/aromatic N) is 3. The van der Waals surface area contributed by atoms with E-state index in [2.05, 4.69) is 5.10 Å². The Morgan fingerprint density at radius 1 is 1.60 bits per heavy atom. The average Bonchev–Trinajstić information content (AvgIpc) is 2.47. The van der Waals surface area contributed by atoms with E-state index in [0.29, 0.717) is 5.69 Å². The van der Waals surface area contributed by atoms with E-state index < -0.39 is 11.9 Å². The summed E-state index contributed by atoms with van der Waals surface area (Å²) in [5, 5.41) is 11.9. The number of aromatic nitrogens is 2. The van der Waals surface area contributed by atoms with Gasteiger partial charge in [0.15, 0.2) is 5.69 Å². The van der Waals surface area contributed by atoms with Crippen molar-refractivity contribution in [3.05, 3.63) is 17.5 Å². The lowest BCUT2D eigenvalue weighted by molar-refractivity contribution is -0.141. The number of aryl methyl sites for hydroxylation is 1. The van der Waals surface area contributed by atoms with Crippen molar-refractivity contribution in [1.82, 2.24) is 9.78 Å². The quantitative estimate of drug-likeness (QED) is 0.763. The Morgan fingerprint density at radius 3 is 2.60 bits per heavy atom. The smallest absolute Gasteiger partial charge is 0.268 e. The predicted octanol–water partition coefficient (Wildman–Crippen LogP) is 2.37. The molecule has 0 N–H and O–H groups in total. The summed E-state index contributed by atoms with van der Waals surface area (Å²) in [6.07, 6.45) is -4.42. The molecule has 0 aromatic carbocycles. The van der Waals surface area contributed by atoms with Crippen LogP contribution in [0, 0.1) is 24.2 Å². The normalized spacial score (nSPS) is 13.6. The minimum Gasteiger partial charge on any atom is -0.268 e. The number of hydrogen-bond donors (Lipinski definition) is 0.